The number of anilines is 1. The van der Waals surface area contributed by atoms with Crippen LogP contribution in [0.1, 0.15) is 28.9 Å². The number of nitrogens with one attached hydrogen (secondary N) is 1. The van der Waals surface area contributed by atoms with E-state index in [0.29, 0.717) is 11.3 Å². The first-order valence-electron chi connectivity index (χ1n) is 6.41. The maximum absolute atomic E-state index is 12.1. The van der Waals surface area contributed by atoms with Crippen molar-refractivity contribution in [2.45, 2.75) is 13.0 Å². The molecule has 4 heteroatoms. The van der Waals surface area contributed by atoms with Gasteiger partial charge in [-0.3, -0.25) is 4.79 Å². The lowest BCUT2D eigenvalue weighted by Gasteiger charge is -2.17. The molecule has 0 saturated carbocycles. The van der Waals surface area contributed by atoms with Gasteiger partial charge in [0.15, 0.2) is 0 Å². The molecule has 4 nitrogen and oxygen atoms in total. The van der Waals surface area contributed by atoms with Crippen molar-refractivity contribution in [3.8, 4) is 5.75 Å². The summed E-state index contributed by atoms with van der Waals surface area (Å²) in [5.74, 6) is 0.626. The highest BCUT2D eigenvalue weighted by molar-refractivity contribution is 5.94. The van der Waals surface area contributed by atoms with E-state index in [1.165, 1.54) is 0 Å². The molecule has 0 aromatic heterocycles. The lowest BCUT2D eigenvalue weighted by Crippen LogP contribution is -2.26. The van der Waals surface area contributed by atoms with Crippen molar-refractivity contribution in [1.29, 1.82) is 0 Å². The second-order valence-corrected chi connectivity index (χ2v) is 4.56. The Morgan fingerprint density at radius 1 is 1.15 bits per heavy atom. The molecule has 0 aliphatic rings. The van der Waals surface area contributed by atoms with Gasteiger partial charge in [0.1, 0.15) is 5.75 Å². The number of carbonyl (C=O) groups excluding carboxylic acids is 1. The molecule has 2 rings (SSSR count). The topological polar surface area (TPSA) is 64.3 Å². The van der Waals surface area contributed by atoms with Crippen molar-refractivity contribution in [3.05, 3.63) is 59.7 Å². The van der Waals surface area contributed by atoms with Crippen molar-refractivity contribution in [2.75, 3.05) is 12.8 Å². The molecule has 0 spiro atoms. The maximum Gasteiger partial charge on any atom is 0.251 e. The van der Waals surface area contributed by atoms with E-state index >= 15 is 0 Å². The van der Waals surface area contributed by atoms with Crippen LogP contribution in [0.5, 0.6) is 5.75 Å². The third kappa shape index (κ3) is 3.09. The molecule has 0 aliphatic carbocycles. The molecular weight excluding hydrogens is 252 g/mol. The number of para-hydroxylation sites is 1. The largest absolute Gasteiger partial charge is 0.496 e. The zero-order valence-electron chi connectivity index (χ0n) is 11.6. The van der Waals surface area contributed by atoms with Crippen LogP contribution in [-0.2, 0) is 0 Å². The number of methoxy groups -OCH3 is 1. The quantitative estimate of drug-likeness (QED) is 0.840. The zero-order valence-corrected chi connectivity index (χ0v) is 11.6. The number of benzene rings is 2. The molecule has 0 radical (unpaired) electrons. The zero-order chi connectivity index (χ0) is 14.5. The first kappa shape index (κ1) is 13.9. The summed E-state index contributed by atoms with van der Waals surface area (Å²) < 4.78 is 5.30. The van der Waals surface area contributed by atoms with E-state index in [1.54, 1.807) is 31.4 Å². The lowest BCUT2D eigenvalue weighted by atomic mass is 10.1. The van der Waals surface area contributed by atoms with Crippen LogP contribution in [0, 0.1) is 0 Å². The van der Waals surface area contributed by atoms with Gasteiger partial charge in [0.2, 0.25) is 0 Å². The van der Waals surface area contributed by atoms with E-state index in [-0.39, 0.29) is 11.9 Å². The highest BCUT2D eigenvalue weighted by Gasteiger charge is 2.14. The van der Waals surface area contributed by atoms with Gasteiger partial charge in [0.25, 0.3) is 5.91 Å². The number of rotatable bonds is 4. The van der Waals surface area contributed by atoms with Crippen LogP contribution >= 0.6 is 0 Å². The van der Waals surface area contributed by atoms with Gasteiger partial charge in [-0.15, -0.1) is 0 Å². The molecular formula is C16H18N2O2. The lowest BCUT2D eigenvalue weighted by molar-refractivity contribution is 0.0939. The van der Waals surface area contributed by atoms with Gasteiger partial charge in [-0.2, -0.15) is 0 Å². The third-order valence-electron chi connectivity index (χ3n) is 3.13. The summed E-state index contributed by atoms with van der Waals surface area (Å²) in [5, 5.41) is 2.95. The van der Waals surface area contributed by atoms with Crippen LogP contribution in [0.15, 0.2) is 48.5 Å². The summed E-state index contributed by atoms with van der Waals surface area (Å²) in [6.45, 7) is 1.92. The first-order chi connectivity index (χ1) is 9.61. The molecule has 0 aliphatic heterocycles. The Bertz CT molecular complexity index is 594. The van der Waals surface area contributed by atoms with E-state index in [9.17, 15) is 4.79 Å². The van der Waals surface area contributed by atoms with Crippen LogP contribution in [-0.4, -0.2) is 13.0 Å². The van der Waals surface area contributed by atoms with E-state index in [4.69, 9.17) is 10.5 Å². The van der Waals surface area contributed by atoms with Crippen LogP contribution in [0.3, 0.4) is 0 Å². The summed E-state index contributed by atoms with van der Waals surface area (Å²) in [5.41, 5.74) is 7.77. The Balaban J connectivity index is 2.13. The van der Waals surface area contributed by atoms with E-state index < -0.39 is 0 Å². The van der Waals surface area contributed by atoms with Gasteiger partial charge in [0, 0.05) is 16.8 Å². The van der Waals surface area contributed by atoms with Gasteiger partial charge in [-0.1, -0.05) is 18.2 Å². The summed E-state index contributed by atoms with van der Waals surface area (Å²) in [7, 11) is 1.62. The first-order valence-corrected chi connectivity index (χ1v) is 6.41. The van der Waals surface area contributed by atoms with Crippen molar-refractivity contribution in [1.82, 2.24) is 5.32 Å². The van der Waals surface area contributed by atoms with Crippen LogP contribution in [0.4, 0.5) is 5.69 Å². The van der Waals surface area contributed by atoms with Gasteiger partial charge < -0.3 is 15.8 Å². The predicted octanol–water partition coefficient (Wildman–Crippen LogP) is 2.77. The standard InChI is InChI=1S/C16H18N2O2/c1-11(14-5-3-4-6-15(14)20-2)18-16(19)12-7-9-13(17)10-8-12/h3-11H,17H2,1-2H3,(H,18,19)/t11-/m1/s1. The molecule has 2 aromatic carbocycles. The fourth-order valence-electron chi connectivity index (χ4n) is 2.02. The molecule has 0 fully saturated rings. The highest BCUT2D eigenvalue weighted by atomic mass is 16.5. The minimum Gasteiger partial charge on any atom is -0.496 e. The normalized spacial score (nSPS) is 11.7. The monoisotopic (exact) mass is 270 g/mol. The van der Waals surface area contributed by atoms with Gasteiger partial charge >= 0.3 is 0 Å². The van der Waals surface area contributed by atoms with Crippen LogP contribution in [0.25, 0.3) is 0 Å². The fourth-order valence-corrected chi connectivity index (χ4v) is 2.02. The molecule has 20 heavy (non-hydrogen) atoms. The van der Waals surface area contributed by atoms with Gasteiger partial charge in [-0.05, 0) is 37.3 Å². The Labute approximate surface area is 118 Å². The number of carbonyl (C=O) groups is 1. The highest BCUT2D eigenvalue weighted by Crippen LogP contribution is 2.24. The summed E-state index contributed by atoms with van der Waals surface area (Å²) in [6.07, 6.45) is 0. The Hall–Kier alpha value is -2.49. The number of hydrogen-bond acceptors (Lipinski definition) is 3. The fraction of sp³-hybridized carbons (Fsp3) is 0.188. The molecule has 1 amide bonds. The molecule has 1 atom stereocenters. The van der Waals surface area contributed by atoms with E-state index in [2.05, 4.69) is 5.32 Å². The second kappa shape index (κ2) is 6.10. The van der Waals surface area contributed by atoms with Crippen LogP contribution < -0.4 is 15.8 Å². The number of hydrogen-bond donors (Lipinski definition) is 2. The average molecular weight is 270 g/mol. The van der Waals surface area contributed by atoms with Crippen molar-refractivity contribution in [2.24, 2.45) is 0 Å². The van der Waals surface area contributed by atoms with Crippen molar-refractivity contribution in [3.63, 3.8) is 0 Å². The molecule has 0 saturated heterocycles. The Morgan fingerprint density at radius 2 is 1.80 bits per heavy atom. The summed E-state index contributed by atoms with van der Waals surface area (Å²) >= 11 is 0. The smallest absolute Gasteiger partial charge is 0.251 e. The number of nitrogens with two attached hydrogens (primary N) is 1. The van der Waals surface area contributed by atoms with Gasteiger partial charge in [0.05, 0.1) is 13.2 Å². The minimum atomic E-state index is -0.142. The molecule has 0 unspecified atom stereocenters. The number of nitrogen functional groups attached to an aromatic ring is 1. The van der Waals surface area contributed by atoms with Crippen molar-refractivity contribution < 1.29 is 9.53 Å². The molecule has 104 valence electrons. The molecule has 0 heterocycles. The molecule has 2 aromatic rings. The van der Waals surface area contributed by atoms with E-state index in [1.807, 2.05) is 31.2 Å². The number of ether oxygens (including phenoxy) is 1. The Morgan fingerprint density at radius 3 is 2.45 bits per heavy atom. The third-order valence-corrected chi connectivity index (χ3v) is 3.13. The van der Waals surface area contributed by atoms with Gasteiger partial charge in [-0.25, -0.2) is 0 Å². The molecule has 3 N–H and O–H groups in total. The summed E-state index contributed by atoms with van der Waals surface area (Å²) in [4.78, 5) is 12.1. The second-order valence-electron chi connectivity index (χ2n) is 4.56. The number of amides is 1. The van der Waals surface area contributed by atoms with E-state index in [0.717, 1.165) is 11.3 Å². The molecule has 0 bridgehead atoms. The van der Waals surface area contributed by atoms with Crippen LogP contribution in [0.2, 0.25) is 0 Å². The summed E-state index contributed by atoms with van der Waals surface area (Å²) in [6, 6.07) is 14.3. The minimum absolute atomic E-state index is 0.136. The predicted molar refractivity (Wildman–Crippen MR) is 79.7 cm³/mol. The average Bonchev–Trinajstić information content (AvgIpc) is 2.47. The maximum atomic E-state index is 12.1. The SMILES string of the molecule is COc1ccccc1[C@@H](C)NC(=O)c1ccc(N)cc1. The Kier molecular flexibility index (Phi) is 4.25. The van der Waals surface area contributed by atoms with Crippen molar-refractivity contribution >= 4 is 11.6 Å².